The molecular formula is C19H23NO2. The van der Waals surface area contributed by atoms with Gasteiger partial charge in [0.25, 0.3) is 0 Å². The largest absolute Gasteiger partial charge is 0.323 e. The van der Waals surface area contributed by atoms with Gasteiger partial charge in [-0.15, -0.1) is 0 Å². The lowest BCUT2D eigenvalue weighted by atomic mass is 9.70. The summed E-state index contributed by atoms with van der Waals surface area (Å²) in [7, 11) is 0. The van der Waals surface area contributed by atoms with Crippen molar-refractivity contribution in [3.63, 3.8) is 0 Å². The van der Waals surface area contributed by atoms with Crippen LogP contribution in [0.15, 0.2) is 35.9 Å². The van der Waals surface area contributed by atoms with Crippen LogP contribution in [0.5, 0.6) is 0 Å². The predicted molar refractivity (Wildman–Crippen MR) is 87.5 cm³/mol. The van der Waals surface area contributed by atoms with E-state index >= 15 is 0 Å². The lowest BCUT2D eigenvalue weighted by molar-refractivity contribution is -0.125. The van der Waals surface area contributed by atoms with Crippen molar-refractivity contribution in [2.24, 2.45) is 16.7 Å². The molecule has 1 N–H and O–H groups in total. The first-order chi connectivity index (χ1) is 10.3. The zero-order valence-corrected chi connectivity index (χ0v) is 13.7. The fraction of sp³-hybridized carbons (Fsp3) is 0.474. The van der Waals surface area contributed by atoms with E-state index in [4.69, 9.17) is 0 Å². The van der Waals surface area contributed by atoms with Gasteiger partial charge in [0.15, 0.2) is 5.78 Å². The molecular weight excluding hydrogens is 274 g/mol. The van der Waals surface area contributed by atoms with Crippen molar-refractivity contribution >= 4 is 17.4 Å². The molecule has 2 fully saturated rings. The van der Waals surface area contributed by atoms with Crippen molar-refractivity contribution in [3.8, 4) is 0 Å². The predicted octanol–water partition coefficient (Wildman–Crippen LogP) is 3.89. The van der Waals surface area contributed by atoms with Crippen LogP contribution in [0.4, 0.5) is 5.69 Å². The molecule has 116 valence electrons. The number of fused-ring (bicyclic) bond motifs is 2. The maximum atomic E-state index is 12.7. The highest BCUT2D eigenvalue weighted by molar-refractivity contribution is 6.11. The Morgan fingerprint density at radius 3 is 2.41 bits per heavy atom. The van der Waals surface area contributed by atoms with Crippen LogP contribution in [-0.4, -0.2) is 11.7 Å². The van der Waals surface area contributed by atoms with E-state index in [1.54, 1.807) is 0 Å². The highest BCUT2D eigenvalue weighted by Crippen LogP contribution is 2.65. The highest BCUT2D eigenvalue weighted by atomic mass is 16.2. The SMILES string of the molecule is Cc1ccc(NC(=O)/C=C2\C(=O)[C@]3(C)CC[C@@H]2C3(C)C)cc1. The number of anilines is 1. The molecule has 1 aromatic rings. The van der Waals surface area contributed by atoms with Gasteiger partial charge < -0.3 is 5.32 Å². The van der Waals surface area contributed by atoms with Gasteiger partial charge in [-0.3, -0.25) is 9.59 Å². The van der Waals surface area contributed by atoms with Gasteiger partial charge in [0.1, 0.15) is 0 Å². The number of allylic oxidation sites excluding steroid dienone is 1. The van der Waals surface area contributed by atoms with Gasteiger partial charge in [-0.05, 0) is 43.2 Å². The number of hydrogen-bond acceptors (Lipinski definition) is 2. The molecule has 2 bridgehead atoms. The van der Waals surface area contributed by atoms with Crippen LogP contribution < -0.4 is 5.32 Å². The molecule has 2 atom stereocenters. The number of ketones is 1. The Morgan fingerprint density at radius 1 is 1.23 bits per heavy atom. The second-order valence-corrected chi connectivity index (χ2v) is 7.43. The molecule has 3 rings (SSSR count). The molecule has 0 aliphatic heterocycles. The Bertz CT molecular complexity index is 669. The Balaban J connectivity index is 1.82. The Morgan fingerprint density at radius 2 is 1.86 bits per heavy atom. The van der Waals surface area contributed by atoms with E-state index in [-0.39, 0.29) is 28.4 Å². The van der Waals surface area contributed by atoms with Crippen LogP contribution in [0.2, 0.25) is 0 Å². The molecule has 0 aromatic heterocycles. The van der Waals surface area contributed by atoms with E-state index in [2.05, 4.69) is 19.2 Å². The Hall–Kier alpha value is -1.90. The summed E-state index contributed by atoms with van der Waals surface area (Å²) in [6.07, 6.45) is 3.46. The zero-order valence-electron chi connectivity index (χ0n) is 13.7. The van der Waals surface area contributed by atoms with Gasteiger partial charge in [0.2, 0.25) is 5.91 Å². The lowest BCUT2D eigenvalue weighted by Gasteiger charge is -2.31. The number of carbonyl (C=O) groups is 2. The minimum Gasteiger partial charge on any atom is -0.323 e. The molecule has 3 heteroatoms. The first-order valence-corrected chi connectivity index (χ1v) is 7.90. The van der Waals surface area contributed by atoms with Gasteiger partial charge in [-0.2, -0.15) is 0 Å². The van der Waals surface area contributed by atoms with Gasteiger partial charge in [-0.25, -0.2) is 0 Å². The molecule has 2 saturated carbocycles. The van der Waals surface area contributed by atoms with Crippen LogP contribution in [0, 0.1) is 23.7 Å². The fourth-order valence-corrected chi connectivity index (χ4v) is 4.05. The minimum atomic E-state index is -0.312. The second kappa shape index (κ2) is 4.80. The molecule has 1 aromatic carbocycles. The van der Waals surface area contributed by atoms with E-state index in [0.29, 0.717) is 5.57 Å². The van der Waals surface area contributed by atoms with Gasteiger partial charge in [0, 0.05) is 22.8 Å². The molecule has 2 aliphatic rings. The normalized spacial score (nSPS) is 30.8. The number of Topliss-reactive ketones (excluding diaryl/α,β-unsaturated/α-hetero) is 1. The van der Waals surface area contributed by atoms with Gasteiger partial charge >= 0.3 is 0 Å². The van der Waals surface area contributed by atoms with Crippen molar-refractivity contribution in [1.82, 2.24) is 0 Å². The van der Waals surface area contributed by atoms with Gasteiger partial charge in [0.05, 0.1) is 0 Å². The molecule has 0 spiro atoms. The molecule has 2 aliphatic carbocycles. The zero-order chi connectivity index (χ0) is 16.1. The fourth-order valence-electron chi connectivity index (χ4n) is 4.05. The number of carbonyl (C=O) groups excluding carboxylic acids is 2. The molecule has 0 heterocycles. The van der Waals surface area contributed by atoms with E-state index in [0.717, 1.165) is 24.1 Å². The molecule has 22 heavy (non-hydrogen) atoms. The number of aryl methyl sites for hydroxylation is 1. The van der Waals surface area contributed by atoms with E-state index in [1.165, 1.54) is 6.08 Å². The van der Waals surface area contributed by atoms with Gasteiger partial charge in [-0.1, -0.05) is 38.5 Å². The molecule has 0 radical (unpaired) electrons. The summed E-state index contributed by atoms with van der Waals surface area (Å²) in [5.41, 5.74) is 2.25. The summed E-state index contributed by atoms with van der Waals surface area (Å²) in [5, 5.41) is 2.85. The van der Waals surface area contributed by atoms with E-state index in [1.807, 2.05) is 38.1 Å². The highest BCUT2D eigenvalue weighted by Gasteiger charge is 2.63. The maximum Gasteiger partial charge on any atom is 0.248 e. The summed E-state index contributed by atoms with van der Waals surface area (Å²) in [4.78, 5) is 24.9. The van der Waals surface area contributed by atoms with Crippen molar-refractivity contribution in [3.05, 3.63) is 41.5 Å². The number of benzene rings is 1. The average Bonchev–Trinajstić information content (AvgIpc) is 2.76. The third kappa shape index (κ3) is 2.03. The van der Waals surface area contributed by atoms with E-state index in [9.17, 15) is 9.59 Å². The quantitative estimate of drug-likeness (QED) is 0.842. The van der Waals surface area contributed by atoms with Crippen molar-refractivity contribution in [2.45, 2.75) is 40.5 Å². The van der Waals surface area contributed by atoms with Crippen LogP contribution in [-0.2, 0) is 9.59 Å². The second-order valence-electron chi connectivity index (χ2n) is 7.43. The summed E-state index contributed by atoms with van der Waals surface area (Å²) < 4.78 is 0. The summed E-state index contributed by atoms with van der Waals surface area (Å²) in [6, 6.07) is 7.66. The number of hydrogen-bond donors (Lipinski definition) is 1. The minimum absolute atomic E-state index is 0.0555. The first kappa shape index (κ1) is 15.0. The van der Waals surface area contributed by atoms with Crippen molar-refractivity contribution in [1.29, 1.82) is 0 Å². The van der Waals surface area contributed by atoms with Crippen molar-refractivity contribution < 1.29 is 9.59 Å². The topological polar surface area (TPSA) is 46.2 Å². The number of nitrogens with one attached hydrogen (secondary N) is 1. The molecule has 0 unspecified atom stereocenters. The summed E-state index contributed by atoms with van der Waals surface area (Å²) in [5.74, 6) is 0.153. The first-order valence-electron chi connectivity index (χ1n) is 7.90. The lowest BCUT2D eigenvalue weighted by Crippen LogP contribution is -2.32. The Labute approximate surface area is 131 Å². The summed E-state index contributed by atoms with van der Waals surface area (Å²) in [6.45, 7) is 8.36. The van der Waals surface area contributed by atoms with Crippen LogP contribution >= 0.6 is 0 Å². The summed E-state index contributed by atoms with van der Waals surface area (Å²) >= 11 is 0. The average molecular weight is 297 g/mol. The third-order valence-corrected chi connectivity index (χ3v) is 5.97. The van der Waals surface area contributed by atoms with Crippen molar-refractivity contribution in [2.75, 3.05) is 5.32 Å². The molecule has 3 nitrogen and oxygen atoms in total. The third-order valence-electron chi connectivity index (χ3n) is 5.97. The van der Waals surface area contributed by atoms with E-state index < -0.39 is 0 Å². The van der Waals surface area contributed by atoms with Crippen LogP contribution in [0.3, 0.4) is 0 Å². The van der Waals surface area contributed by atoms with Crippen LogP contribution in [0.25, 0.3) is 0 Å². The number of rotatable bonds is 2. The molecule has 0 saturated heterocycles. The smallest absolute Gasteiger partial charge is 0.248 e. The van der Waals surface area contributed by atoms with Crippen LogP contribution in [0.1, 0.15) is 39.2 Å². The maximum absolute atomic E-state index is 12.7. The standard InChI is InChI=1S/C19H23NO2/c1-12-5-7-13(8-6-12)20-16(21)11-14-15-9-10-19(4,17(14)22)18(15,2)3/h5-8,11,15H,9-10H2,1-4H3,(H,20,21)/b14-11-/t15-,19-/m0/s1. The number of amides is 1. The monoisotopic (exact) mass is 297 g/mol. The molecule has 1 amide bonds. The Kier molecular flexibility index (Phi) is 3.28.